The van der Waals surface area contributed by atoms with Gasteiger partial charge in [-0.15, -0.1) is 0 Å². The number of hydrogen-bond acceptors (Lipinski definition) is 4. The zero-order valence-electron chi connectivity index (χ0n) is 10.2. The number of thioether (sulfide) groups is 1. The maximum atomic E-state index is 4.59. The Bertz CT molecular complexity index is 330. The van der Waals surface area contributed by atoms with E-state index in [0.29, 0.717) is 5.25 Å². The van der Waals surface area contributed by atoms with E-state index in [0.717, 1.165) is 33.1 Å². The Kier molecular flexibility index (Phi) is 5.82. The number of nitrogens with zero attached hydrogens (tertiary/aromatic N) is 2. The first-order valence-electron chi connectivity index (χ1n) is 5.43. The second kappa shape index (κ2) is 6.64. The number of rotatable bonds is 5. The lowest BCUT2D eigenvalue weighted by Gasteiger charge is -2.10. The van der Waals surface area contributed by atoms with E-state index in [1.165, 1.54) is 0 Å². The fraction of sp³-hybridized carbons (Fsp3) is 0.636. The molecule has 3 nitrogen and oxygen atoms in total. The van der Waals surface area contributed by atoms with Gasteiger partial charge in [0.05, 0.1) is 15.0 Å². The maximum Gasteiger partial charge on any atom is 0.143 e. The van der Waals surface area contributed by atoms with Crippen molar-refractivity contribution >= 4 is 40.2 Å². The molecule has 0 spiro atoms. The van der Waals surface area contributed by atoms with Crippen LogP contribution in [0.4, 0.5) is 5.82 Å². The number of hydrogen-bond donors (Lipinski definition) is 1. The summed E-state index contributed by atoms with van der Waals surface area (Å²) in [6, 6.07) is 0. The number of aryl methyl sites for hydroxylation is 1. The minimum atomic E-state index is 0.617. The molecule has 1 aromatic rings. The van der Waals surface area contributed by atoms with Gasteiger partial charge in [0.2, 0.25) is 0 Å². The first kappa shape index (κ1) is 14.0. The second-order valence-electron chi connectivity index (χ2n) is 3.71. The van der Waals surface area contributed by atoms with Gasteiger partial charge < -0.3 is 5.32 Å². The lowest BCUT2D eigenvalue weighted by Crippen LogP contribution is -2.07. The van der Waals surface area contributed by atoms with E-state index in [1.54, 1.807) is 0 Å². The average Bonchev–Trinajstić information content (AvgIpc) is 2.27. The molecule has 90 valence electrons. The smallest absolute Gasteiger partial charge is 0.143 e. The zero-order chi connectivity index (χ0) is 12.1. The number of halogens is 1. The molecular formula is C11H18IN3S. The van der Waals surface area contributed by atoms with Gasteiger partial charge >= 0.3 is 0 Å². The van der Waals surface area contributed by atoms with Crippen LogP contribution in [-0.4, -0.2) is 22.3 Å². The van der Waals surface area contributed by atoms with Crippen LogP contribution in [0.5, 0.6) is 0 Å². The summed E-state index contributed by atoms with van der Waals surface area (Å²) < 4.78 is 1.14. The largest absolute Gasteiger partial charge is 0.372 e. The molecule has 0 amide bonds. The molecule has 1 aromatic heterocycles. The van der Waals surface area contributed by atoms with Crippen molar-refractivity contribution in [1.82, 2.24) is 9.97 Å². The maximum absolute atomic E-state index is 4.59. The van der Waals surface area contributed by atoms with Gasteiger partial charge in [-0.05, 0) is 34.3 Å². The van der Waals surface area contributed by atoms with Crippen molar-refractivity contribution in [2.45, 2.75) is 38.2 Å². The predicted octanol–water partition coefficient (Wildman–Crippen LogP) is 3.33. The number of aromatic nitrogens is 2. The molecule has 16 heavy (non-hydrogen) atoms. The summed E-state index contributed by atoms with van der Waals surface area (Å²) in [5, 5.41) is 3.75. The van der Waals surface area contributed by atoms with Crippen LogP contribution in [-0.2, 0) is 12.2 Å². The monoisotopic (exact) mass is 351 g/mol. The molecular weight excluding hydrogens is 333 g/mol. The molecule has 0 aliphatic rings. The lowest BCUT2D eigenvalue weighted by molar-refractivity contribution is 0.926. The molecule has 1 N–H and O–H groups in total. The molecule has 0 aliphatic carbocycles. The Balaban J connectivity index is 2.93. The highest BCUT2D eigenvalue weighted by molar-refractivity contribution is 14.1. The summed E-state index contributed by atoms with van der Waals surface area (Å²) in [4.78, 5) is 9.11. The Labute approximate surface area is 115 Å². The van der Waals surface area contributed by atoms with E-state index in [1.807, 2.05) is 18.8 Å². The van der Waals surface area contributed by atoms with Gasteiger partial charge in [0.25, 0.3) is 0 Å². The van der Waals surface area contributed by atoms with E-state index in [9.17, 15) is 0 Å². The van der Waals surface area contributed by atoms with Crippen molar-refractivity contribution in [3.63, 3.8) is 0 Å². The van der Waals surface area contributed by atoms with Gasteiger partial charge in [0.15, 0.2) is 0 Å². The molecule has 1 rings (SSSR count). The summed E-state index contributed by atoms with van der Waals surface area (Å²) in [7, 11) is 1.91. The summed E-state index contributed by atoms with van der Waals surface area (Å²) in [6.45, 7) is 6.51. The van der Waals surface area contributed by atoms with Crippen LogP contribution in [0, 0.1) is 3.57 Å². The molecule has 0 saturated carbocycles. The summed E-state index contributed by atoms with van der Waals surface area (Å²) in [5.41, 5.74) is 1.14. The van der Waals surface area contributed by atoms with E-state index in [4.69, 9.17) is 0 Å². The van der Waals surface area contributed by atoms with Gasteiger partial charge in [-0.2, -0.15) is 11.8 Å². The third kappa shape index (κ3) is 3.76. The van der Waals surface area contributed by atoms with Crippen LogP contribution in [0.2, 0.25) is 0 Å². The van der Waals surface area contributed by atoms with Crippen molar-refractivity contribution in [1.29, 1.82) is 0 Å². The van der Waals surface area contributed by atoms with Crippen molar-refractivity contribution < 1.29 is 0 Å². The van der Waals surface area contributed by atoms with Crippen LogP contribution in [0.25, 0.3) is 0 Å². The zero-order valence-corrected chi connectivity index (χ0v) is 13.1. The third-order valence-corrected chi connectivity index (χ3v) is 4.31. The minimum absolute atomic E-state index is 0.617. The topological polar surface area (TPSA) is 37.8 Å². The predicted molar refractivity (Wildman–Crippen MR) is 80.1 cm³/mol. The van der Waals surface area contributed by atoms with E-state index < -0.39 is 0 Å². The van der Waals surface area contributed by atoms with Crippen LogP contribution < -0.4 is 5.32 Å². The van der Waals surface area contributed by atoms with Gasteiger partial charge in [0.1, 0.15) is 11.6 Å². The average molecular weight is 351 g/mol. The van der Waals surface area contributed by atoms with Crippen molar-refractivity contribution in [2.75, 3.05) is 12.4 Å². The molecule has 0 aliphatic heterocycles. The van der Waals surface area contributed by atoms with Gasteiger partial charge in [0, 0.05) is 7.05 Å². The van der Waals surface area contributed by atoms with E-state index >= 15 is 0 Å². The van der Waals surface area contributed by atoms with Crippen LogP contribution in [0.3, 0.4) is 0 Å². The Morgan fingerprint density at radius 1 is 1.38 bits per heavy atom. The lowest BCUT2D eigenvalue weighted by atomic mass is 10.3. The molecule has 0 atom stereocenters. The minimum Gasteiger partial charge on any atom is -0.372 e. The quantitative estimate of drug-likeness (QED) is 0.826. The summed E-state index contributed by atoms with van der Waals surface area (Å²) in [5.74, 6) is 2.77. The highest BCUT2D eigenvalue weighted by Crippen LogP contribution is 2.22. The highest BCUT2D eigenvalue weighted by atomic mass is 127. The number of anilines is 1. The number of nitrogens with one attached hydrogen (secondary N) is 1. The molecule has 0 unspecified atom stereocenters. The first-order chi connectivity index (χ1) is 7.58. The van der Waals surface area contributed by atoms with Gasteiger partial charge in [-0.3, -0.25) is 0 Å². The molecule has 5 heteroatoms. The fourth-order valence-electron chi connectivity index (χ4n) is 1.25. The van der Waals surface area contributed by atoms with Crippen molar-refractivity contribution in [3.8, 4) is 0 Å². The fourth-order valence-corrected chi connectivity index (χ4v) is 2.75. The molecule has 0 radical (unpaired) electrons. The molecule has 0 fully saturated rings. The molecule has 0 bridgehead atoms. The van der Waals surface area contributed by atoms with Crippen molar-refractivity contribution in [3.05, 3.63) is 15.1 Å². The van der Waals surface area contributed by atoms with E-state index in [-0.39, 0.29) is 0 Å². The SMILES string of the molecule is CCc1nc(CSC(C)C)nc(NC)c1I. The molecule has 1 heterocycles. The van der Waals surface area contributed by atoms with Gasteiger partial charge in [-0.1, -0.05) is 20.8 Å². The summed E-state index contributed by atoms with van der Waals surface area (Å²) >= 11 is 4.18. The standard InChI is InChI=1S/C11H18IN3S/c1-5-8-10(12)11(13-4)15-9(14-8)6-16-7(2)3/h7H,5-6H2,1-4H3,(H,13,14,15). The molecule has 0 aromatic carbocycles. The second-order valence-corrected chi connectivity index (χ2v) is 6.36. The van der Waals surface area contributed by atoms with Crippen LogP contribution >= 0.6 is 34.4 Å². The first-order valence-corrected chi connectivity index (χ1v) is 7.55. The Morgan fingerprint density at radius 2 is 2.06 bits per heavy atom. The van der Waals surface area contributed by atoms with Crippen LogP contribution in [0.1, 0.15) is 32.3 Å². The highest BCUT2D eigenvalue weighted by Gasteiger charge is 2.10. The normalized spacial score (nSPS) is 10.9. The van der Waals surface area contributed by atoms with Crippen LogP contribution in [0.15, 0.2) is 0 Å². The van der Waals surface area contributed by atoms with Gasteiger partial charge in [-0.25, -0.2) is 9.97 Å². The van der Waals surface area contributed by atoms with Crippen molar-refractivity contribution in [2.24, 2.45) is 0 Å². The van der Waals surface area contributed by atoms with E-state index in [2.05, 4.69) is 58.6 Å². The summed E-state index contributed by atoms with van der Waals surface area (Å²) in [6.07, 6.45) is 0.953. The third-order valence-electron chi connectivity index (χ3n) is 2.08. The molecule has 0 saturated heterocycles. The Morgan fingerprint density at radius 3 is 2.56 bits per heavy atom. The Hall–Kier alpha value is -0.0400.